The Kier molecular flexibility index (Phi) is 6.30. The molecular weight excluding hydrogens is 404 g/mol. The van der Waals surface area contributed by atoms with Gasteiger partial charge in [-0.15, -0.1) is 0 Å². The normalized spacial score (nSPS) is 48.6. The second-order valence-corrected chi connectivity index (χ2v) is 12.1. The summed E-state index contributed by atoms with van der Waals surface area (Å²) in [5.74, 6) is 2.14. The molecular formula is C27H42O5. The predicted octanol–water partition coefficient (Wildman–Crippen LogP) is 4.69. The Hall–Kier alpha value is -0.780. The summed E-state index contributed by atoms with van der Waals surface area (Å²) in [6, 6.07) is 0. The van der Waals surface area contributed by atoms with Crippen LogP contribution in [0.15, 0.2) is 0 Å². The summed E-state index contributed by atoms with van der Waals surface area (Å²) in [5, 5.41) is 9.30. The fraction of sp³-hybridized carbons (Fsp3) is 0.926. The first kappa shape index (κ1) is 23.0. The topological polar surface area (TPSA) is 72.8 Å². The van der Waals surface area contributed by atoms with Crippen molar-refractivity contribution >= 4 is 11.6 Å². The van der Waals surface area contributed by atoms with Crippen molar-refractivity contribution in [2.45, 2.75) is 103 Å². The lowest BCUT2D eigenvalue weighted by Crippen LogP contribution is -2.58. The Morgan fingerprint density at radius 2 is 1.94 bits per heavy atom. The van der Waals surface area contributed by atoms with Gasteiger partial charge >= 0.3 is 0 Å². The number of carbonyl (C=O) groups excluding carboxylic acids is 2. The van der Waals surface area contributed by atoms with Gasteiger partial charge in [-0.1, -0.05) is 13.8 Å². The second-order valence-electron chi connectivity index (χ2n) is 12.1. The third-order valence-corrected chi connectivity index (χ3v) is 10.5. The van der Waals surface area contributed by atoms with E-state index in [0.717, 1.165) is 58.0 Å². The van der Waals surface area contributed by atoms with Crippen molar-refractivity contribution in [3.63, 3.8) is 0 Å². The molecule has 0 bridgehead atoms. The van der Waals surface area contributed by atoms with Gasteiger partial charge in [0.25, 0.3) is 0 Å². The predicted molar refractivity (Wildman–Crippen MR) is 121 cm³/mol. The van der Waals surface area contributed by atoms with Gasteiger partial charge in [-0.25, -0.2) is 0 Å². The summed E-state index contributed by atoms with van der Waals surface area (Å²) in [6.07, 6.45) is 11.8. The molecule has 0 aromatic rings. The van der Waals surface area contributed by atoms with Crippen molar-refractivity contribution in [2.75, 3.05) is 13.2 Å². The highest BCUT2D eigenvalue weighted by Crippen LogP contribution is 2.66. The molecule has 4 aliphatic carbocycles. The van der Waals surface area contributed by atoms with E-state index in [1.807, 2.05) is 0 Å². The first-order valence-corrected chi connectivity index (χ1v) is 13.3. The van der Waals surface area contributed by atoms with Crippen molar-refractivity contribution < 1.29 is 24.2 Å². The average Bonchev–Trinajstić information content (AvgIpc) is 3.11. The lowest BCUT2D eigenvalue weighted by molar-refractivity contribution is -0.211. The van der Waals surface area contributed by atoms with Crippen LogP contribution in [0.25, 0.3) is 0 Å². The minimum atomic E-state index is -0.202. The number of hydrogen-bond acceptors (Lipinski definition) is 5. The molecule has 5 rings (SSSR count). The SMILES string of the molecule is C[C@]12CC[C@@H](OC3CCCCO3)C[C@@H]1CC[C@H]1[C@@H]3CC[C@H](C(=O)CCO)[C@@]3(C)CC(=O)[C@@H]12. The van der Waals surface area contributed by atoms with Gasteiger partial charge < -0.3 is 14.6 Å². The molecule has 1 unspecified atom stereocenters. The molecule has 1 aliphatic heterocycles. The Labute approximate surface area is 193 Å². The molecule has 1 N–H and O–H groups in total. The fourth-order valence-corrected chi connectivity index (χ4v) is 9.00. The van der Waals surface area contributed by atoms with E-state index in [2.05, 4.69) is 13.8 Å². The minimum absolute atomic E-state index is 0.0293. The van der Waals surface area contributed by atoms with Gasteiger partial charge in [0.1, 0.15) is 11.6 Å². The van der Waals surface area contributed by atoms with Crippen LogP contribution >= 0.6 is 0 Å². The molecule has 5 fully saturated rings. The van der Waals surface area contributed by atoms with Crippen LogP contribution in [0, 0.1) is 40.4 Å². The number of aliphatic hydroxyl groups is 1. The molecule has 0 aromatic carbocycles. The highest BCUT2D eigenvalue weighted by molar-refractivity contribution is 5.87. The first-order chi connectivity index (χ1) is 15.4. The Morgan fingerprint density at radius 3 is 2.69 bits per heavy atom. The summed E-state index contributed by atoms with van der Waals surface area (Å²) < 4.78 is 12.2. The van der Waals surface area contributed by atoms with Gasteiger partial charge in [-0.3, -0.25) is 9.59 Å². The van der Waals surface area contributed by atoms with Crippen LogP contribution in [0.1, 0.15) is 90.9 Å². The maximum Gasteiger partial charge on any atom is 0.157 e. The Morgan fingerprint density at radius 1 is 1.09 bits per heavy atom. The van der Waals surface area contributed by atoms with Crippen molar-refractivity contribution in [3.8, 4) is 0 Å². The van der Waals surface area contributed by atoms with Crippen molar-refractivity contribution in [3.05, 3.63) is 0 Å². The smallest absolute Gasteiger partial charge is 0.157 e. The molecule has 32 heavy (non-hydrogen) atoms. The molecule has 180 valence electrons. The summed E-state index contributed by atoms with van der Waals surface area (Å²) in [6.45, 7) is 5.34. The van der Waals surface area contributed by atoms with Gasteiger partial charge in [0.15, 0.2) is 6.29 Å². The maximum absolute atomic E-state index is 13.7. The first-order valence-electron chi connectivity index (χ1n) is 13.3. The van der Waals surface area contributed by atoms with Crippen LogP contribution < -0.4 is 0 Å². The number of hydrogen-bond donors (Lipinski definition) is 1. The van der Waals surface area contributed by atoms with E-state index < -0.39 is 0 Å². The molecule has 5 nitrogen and oxygen atoms in total. The zero-order chi connectivity index (χ0) is 22.5. The quantitative estimate of drug-likeness (QED) is 0.621. The highest BCUT2D eigenvalue weighted by atomic mass is 16.7. The van der Waals surface area contributed by atoms with Crippen LogP contribution in [0.4, 0.5) is 0 Å². The van der Waals surface area contributed by atoms with Crippen LogP contribution in [0.3, 0.4) is 0 Å². The summed E-state index contributed by atoms with van der Waals surface area (Å²) in [7, 11) is 0. The Balaban J connectivity index is 1.31. The standard InChI is InChI=1S/C27H42O5/c1-26-12-10-18(32-24-5-3-4-14-31-24)15-17(26)6-7-19-20-8-9-21(22(29)11-13-28)27(20,2)16-23(30)25(19)26/h17-21,24-25,28H,3-16H2,1-2H3/t17-,18+,19-,20-,21+,24?,25+,26-,27-/m0/s1. The van der Waals surface area contributed by atoms with Crippen LogP contribution in [0.5, 0.6) is 0 Å². The van der Waals surface area contributed by atoms with Gasteiger partial charge in [0, 0.05) is 37.9 Å². The molecule has 0 radical (unpaired) electrons. The molecule has 4 saturated carbocycles. The van der Waals surface area contributed by atoms with Crippen LogP contribution in [-0.2, 0) is 19.1 Å². The number of Topliss-reactive ketones (excluding diaryl/α,β-unsaturated/α-hetero) is 2. The molecule has 5 aliphatic rings. The van der Waals surface area contributed by atoms with Crippen molar-refractivity contribution in [1.29, 1.82) is 0 Å². The van der Waals surface area contributed by atoms with Crippen LogP contribution in [-0.4, -0.2) is 42.3 Å². The maximum atomic E-state index is 13.7. The van der Waals surface area contributed by atoms with E-state index in [1.54, 1.807) is 0 Å². The zero-order valence-electron chi connectivity index (χ0n) is 20.0. The number of ether oxygens (including phenoxy) is 2. The second kappa shape index (κ2) is 8.78. The highest BCUT2D eigenvalue weighted by Gasteiger charge is 2.64. The third kappa shape index (κ3) is 3.71. The number of aliphatic hydroxyl groups excluding tert-OH is 1. The monoisotopic (exact) mass is 446 g/mol. The lowest BCUT2D eigenvalue weighted by atomic mass is 9.44. The van der Waals surface area contributed by atoms with Gasteiger partial charge in [0.2, 0.25) is 0 Å². The summed E-state index contributed by atoms with van der Waals surface area (Å²) >= 11 is 0. The largest absolute Gasteiger partial charge is 0.396 e. The van der Waals surface area contributed by atoms with Crippen LogP contribution in [0.2, 0.25) is 0 Å². The van der Waals surface area contributed by atoms with Gasteiger partial charge in [0.05, 0.1) is 6.10 Å². The molecule has 1 saturated heterocycles. The number of carbonyl (C=O) groups is 2. The summed E-state index contributed by atoms with van der Waals surface area (Å²) in [5.41, 5.74) is -0.131. The fourth-order valence-electron chi connectivity index (χ4n) is 9.00. The van der Waals surface area contributed by atoms with E-state index in [4.69, 9.17) is 9.47 Å². The lowest BCUT2D eigenvalue weighted by Gasteiger charge is -2.60. The molecule has 9 atom stereocenters. The van der Waals surface area contributed by atoms with Crippen molar-refractivity contribution in [1.82, 2.24) is 0 Å². The molecule has 0 spiro atoms. The molecule has 5 heteroatoms. The van der Waals surface area contributed by atoms with E-state index in [0.29, 0.717) is 30.0 Å². The zero-order valence-corrected chi connectivity index (χ0v) is 20.0. The van der Waals surface area contributed by atoms with Gasteiger partial charge in [-0.05, 0) is 92.8 Å². The Bertz CT molecular complexity index is 730. The number of rotatable bonds is 5. The average molecular weight is 447 g/mol. The van der Waals surface area contributed by atoms with Crippen molar-refractivity contribution in [2.24, 2.45) is 40.4 Å². The molecule has 0 aromatic heterocycles. The van der Waals surface area contributed by atoms with E-state index in [9.17, 15) is 14.7 Å². The van der Waals surface area contributed by atoms with E-state index in [-0.39, 0.29) is 53.9 Å². The third-order valence-electron chi connectivity index (χ3n) is 10.5. The molecule has 0 amide bonds. The van der Waals surface area contributed by atoms with Gasteiger partial charge in [-0.2, -0.15) is 0 Å². The molecule has 1 heterocycles. The number of fused-ring (bicyclic) bond motifs is 5. The number of ketones is 2. The summed E-state index contributed by atoms with van der Waals surface area (Å²) in [4.78, 5) is 26.5. The van der Waals surface area contributed by atoms with E-state index in [1.165, 1.54) is 12.8 Å². The van der Waals surface area contributed by atoms with E-state index >= 15 is 0 Å². The minimum Gasteiger partial charge on any atom is -0.396 e.